The van der Waals surface area contributed by atoms with Crippen molar-refractivity contribution < 1.29 is 9.47 Å². The lowest BCUT2D eigenvalue weighted by molar-refractivity contribution is -0.0780. The van der Waals surface area contributed by atoms with Crippen LogP contribution in [0.1, 0.15) is 13.8 Å². The van der Waals surface area contributed by atoms with E-state index in [-0.39, 0.29) is 0 Å². The molecule has 0 aromatic rings. The molecule has 2 fully saturated rings. The fourth-order valence-corrected chi connectivity index (χ4v) is 2.91. The molecule has 0 radical (unpaired) electrons. The lowest BCUT2D eigenvalue weighted by atomic mass is 10.2. The molecule has 112 valence electrons. The zero-order valence-electron chi connectivity index (χ0n) is 12.6. The van der Waals surface area contributed by atoms with Crippen LogP contribution in [0, 0.1) is 0 Å². The Bertz CT molecular complexity index is 261. The third-order valence-corrected chi connectivity index (χ3v) is 4.02. The van der Waals surface area contributed by atoms with Crippen molar-refractivity contribution in [1.82, 2.24) is 15.1 Å². The number of hydrogen-bond acceptors (Lipinski definition) is 5. The van der Waals surface area contributed by atoms with Gasteiger partial charge in [-0.2, -0.15) is 0 Å². The number of hydrogen-bond donors (Lipinski definition) is 1. The summed E-state index contributed by atoms with van der Waals surface area (Å²) in [4.78, 5) is 5.00. The van der Waals surface area contributed by atoms with Gasteiger partial charge in [-0.3, -0.25) is 9.80 Å². The van der Waals surface area contributed by atoms with Crippen LogP contribution >= 0.6 is 0 Å². The van der Waals surface area contributed by atoms with Crippen LogP contribution < -0.4 is 5.32 Å². The molecule has 1 N–H and O–H groups in total. The standard InChI is InChI=1S/C14H29N3O2/c1-12(2)17-5-7-19-14(11-17)10-16-4-6-18-13(9-16)8-15-3/h12-15H,4-11H2,1-3H3. The van der Waals surface area contributed by atoms with E-state index in [1.165, 1.54) is 0 Å². The zero-order chi connectivity index (χ0) is 13.7. The molecule has 0 spiro atoms. The molecule has 0 aromatic carbocycles. The second-order valence-electron chi connectivity index (χ2n) is 5.89. The molecule has 2 aliphatic heterocycles. The first-order valence-electron chi connectivity index (χ1n) is 7.53. The number of nitrogens with zero attached hydrogens (tertiary/aromatic N) is 2. The Morgan fingerprint density at radius 2 is 1.84 bits per heavy atom. The van der Waals surface area contributed by atoms with Crippen molar-refractivity contribution in [3.8, 4) is 0 Å². The van der Waals surface area contributed by atoms with Gasteiger partial charge < -0.3 is 14.8 Å². The summed E-state index contributed by atoms with van der Waals surface area (Å²) in [7, 11) is 1.98. The van der Waals surface area contributed by atoms with Gasteiger partial charge in [-0.1, -0.05) is 0 Å². The molecular formula is C14H29N3O2. The smallest absolute Gasteiger partial charge is 0.0829 e. The van der Waals surface area contributed by atoms with Crippen molar-refractivity contribution in [2.45, 2.75) is 32.1 Å². The Kier molecular flexibility index (Phi) is 6.04. The summed E-state index contributed by atoms with van der Waals surface area (Å²) < 4.78 is 11.7. The van der Waals surface area contributed by atoms with Gasteiger partial charge >= 0.3 is 0 Å². The van der Waals surface area contributed by atoms with Gasteiger partial charge in [0.25, 0.3) is 0 Å². The number of likely N-dealkylation sites (N-methyl/N-ethyl adjacent to an activating group) is 1. The second-order valence-corrected chi connectivity index (χ2v) is 5.89. The first-order chi connectivity index (χ1) is 9.19. The van der Waals surface area contributed by atoms with E-state index in [1.54, 1.807) is 0 Å². The van der Waals surface area contributed by atoms with E-state index in [0.717, 1.165) is 52.5 Å². The molecule has 2 unspecified atom stereocenters. The molecule has 0 saturated carbocycles. The first-order valence-corrected chi connectivity index (χ1v) is 7.53. The molecular weight excluding hydrogens is 242 g/mol. The van der Waals surface area contributed by atoms with Crippen molar-refractivity contribution >= 4 is 0 Å². The summed E-state index contributed by atoms with van der Waals surface area (Å²) in [6.07, 6.45) is 0.674. The summed E-state index contributed by atoms with van der Waals surface area (Å²) in [5, 5.41) is 3.19. The summed E-state index contributed by atoms with van der Waals surface area (Å²) in [5.41, 5.74) is 0. The molecule has 2 saturated heterocycles. The second kappa shape index (κ2) is 7.55. The van der Waals surface area contributed by atoms with E-state index in [4.69, 9.17) is 9.47 Å². The van der Waals surface area contributed by atoms with E-state index in [1.807, 2.05) is 7.05 Å². The molecule has 5 heteroatoms. The molecule has 19 heavy (non-hydrogen) atoms. The highest BCUT2D eigenvalue weighted by Crippen LogP contribution is 2.12. The van der Waals surface area contributed by atoms with Crippen LogP contribution in [-0.2, 0) is 9.47 Å². The van der Waals surface area contributed by atoms with Gasteiger partial charge in [-0.15, -0.1) is 0 Å². The molecule has 2 atom stereocenters. The normalized spacial score (nSPS) is 30.9. The highest BCUT2D eigenvalue weighted by Gasteiger charge is 2.27. The van der Waals surface area contributed by atoms with Crippen molar-refractivity contribution in [2.75, 3.05) is 59.5 Å². The van der Waals surface area contributed by atoms with Gasteiger partial charge in [-0.25, -0.2) is 0 Å². The largest absolute Gasteiger partial charge is 0.374 e. The van der Waals surface area contributed by atoms with E-state index in [9.17, 15) is 0 Å². The fourth-order valence-electron chi connectivity index (χ4n) is 2.91. The maximum atomic E-state index is 5.92. The van der Waals surface area contributed by atoms with Crippen molar-refractivity contribution in [3.05, 3.63) is 0 Å². The van der Waals surface area contributed by atoms with Crippen LogP contribution in [0.4, 0.5) is 0 Å². The number of ether oxygens (including phenoxy) is 2. The van der Waals surface area contributed by atoms with Gasteiger partial charge in [-0.05, 0) is 20.9 Å². The highest BCUT2D eigenvalue weighted by atomic mass is 16.5. The Hall–Kier alpha value is -0.200. The minimum atomic E-state index is 0.323. The van der Waals surface area contributed by atoms with Crippen LogP contribution in [0.15, 0.2) is 0 Å². The van der Waals surface area contributed by atoms with E-state index in [0.29, 0.717) is 18.2 Å². The molecule has 2 aliphatic rings. The Morgan fingerprint density at radius 3 is 2.58 bits per heavy atom. The zero-order valence-corrected chi connectivity index (χ0v) is 12.6. The minimum Gasteiger partial charge on any atom is -0.374 e. The summed E-state index contributed by atoms with van der Waals surface area (Å²) >= 11 is 0. The quantitative estimate of drug-likeness (QED) is 0.763. The highest BCUT2D eigenvalue weighted by molar-refractivity contribution is 4.80. The van der Waals surface area contributed by atoms with Gasteiger partial charge in [0, 0.05) is 45.3 Å². The minimum absolute atomic E-state index is 0.323. The predicted molar refractivity (Wildman–Crippen MR) is 76.6 cm³/mol. The number of nitrogens with one attached hydrogen (secondary N) is 1. The Balaban J connectivity index is 1.76. The third-order valence-electron chi connectivity index (χ3n) is 4.02. The van der Waals surface area contributed by atoms with E-state index >= 15 is 0 Å². The molecule has 0 amide bonds. The average Bonchev–Trinajstić information content (AvgIpc) is 2.40. The monoisotopic (exact) mass is 271 g/mol. The van der Waals surface area contributed by atoms with E-state index < -0.39 is 0 Å². The average molecular weight is 271 g/mol. The summed E-state index contributed by atoms with van der Waals surface area (Å²) in [5.74, 6) is 0. The Morgan fingerprint density at radius 1 is 1.11 bits per heavy atom. The number of morpholine rings is 2. The maximum Gasteiger partial charge on any atom is 0.0829 e. The van der Waals surface area contributed by atoms with Crippen molar-refractivity contribution in [2.24, 2.45) is 0 Å². The molecule has 0 aromatic heterocycles. The summed E-state index contributed by atoms with van der Waals surface area (Å²) in [6, 6.07) is 0.619. The molecule has 0 bridgehead atoms. The van der Waals surface area contributed by atoms with Crippen LogP contribution in [0.3, 0.4) is 0 Å². The molecule has 2 heterocycles. The SMILES string of the molecule is CNCC1CN(CC2CN(C(C)C)CCO2)CCO1. The summed E-state index contributed by atoms with van der Waals surface area (Å²) in [6.45, 7) is 12.4. The van der Waals surface area contributed by atoms with Crippen LogP contribution in [0.5, 0.6) is 0 Å². The molecule has 0 aliphatic carbocycles. The van der Waals surface area contributed by atoms with Crippen LogP contribution in [0.2, 0.25) is 0 Å². The van der Waals surface area contributed by atoms with Gasteiger partial charge in [0.1, 0.15) is 0 Å². The van der Waals surface area contributed by atoms with Gasteiger partial charge in [0.15, 0.2) is 0 Å². The third kappa shape index (κ3) is 4.68. The molecule has 5 nitrogen and oxygen atoms in total. The van der Waals surface area contributed by atoms with Gasteiger partial charge in [0.2, 0.25) is 0 Å². The van der Waals surface area contributed by atoms with Crippen molar-refractivity contribution in [1.29, 1.82) is 0 Å². The lowest BCUT2D eigenvalue weighted by Crippen LogP contribution is -2.53. The fraction of sp³-hybridized carbons (Fsp3) is 1.00. The Labute approximate surface area is 117 Å². The predicted octanol–water partition coefficient (Wildman–Crippen LogP) is 0.0158. The molecule has 2 rings (SSSR count). The maximum absolute atomic E-state index is 5.92. The topological polar surface area (TPSA) is 37.0 Å². The van der Waals surface area contributed by atoms with Crippen molar-refractivity contribution in [3.63, 3.8) is 0 Å². The van der Waals surface area contributed by atoms with Crippen LogP contribution in [-0.4, -0.2) is 87.6 Å². The lowest BCUT2D eigenvalue weighted by Gasteiger charge is -2.39. The van der Waals surface area contributed by atoms with Gasteiger partial charge in [0.05, 0.1) is 25.4 Å². The first kappa shape index (κ1) is 15.2. The van der Waals surface area contributed by atoms with E-state index in [2.05, 4.69) is 29.0 Å². The van der Waals surface area contributed by atoms with Crippen LogP contribution in [0.25, 0.3) is 0 Å². The number of rotatable bonds is 5.